The molecule has 55 heavy (non-hydrogen) atoms. The molecule has 0 radical (unpaired) electrons. The van der Waals surface area contributed by atoms with Crippen molar-refractivity contribution in [3.8, 4) is 0 Å². The van der Waals surface area contributed by atoms with E-state index in [1.54, 1.807) is 49.7 Å². The van der Waals surface area contributed by atoms with Gasteiger partial charge in [-0.1, -0.05) is 44.2 Å². The van der Waals surface area contributed by atoms with Gasteiger partial charge < -0.3 is 66.4 Å². The van der Waals surface area contributed by atoms with E-state index in [4.69, 9.17) is 4.84 Å². The fraction of sp³-hybridized carbons (Fsp3) is 0.788. The molecule has 316 valence electrons. The minimum Gasteiger partial charge on any atom is -0.386 e. The summed E-state index contributed by atoms with van der Waals surface area (Å²) in [5.41, 5.74) is 5.18. The van der Waals surface area contributed by atoms with E-state index in [-0.39, 0.29) is 25.2 Å². The summed E-state index contributed by atoms with van der Waals surface area (Å²) in [7, 11) is 1.48. The lowest BCUT2D eigenvalue weighted by molar-refractivity contribution is -0.517. The van der Waals surface area contributed by atoms with E-state index < -0.39 is 95.3 Å². The maximum atomic E-state index is 14.6. The fourth-order valence-corrected chi connectivity index (χ4v) is 8.13. The molecular weight excluding hydrogens is 744 g/mol. The Morgan fingerprint density at radius 3 is 2.09 bits per heavy atom. The van der Waals surface area contributed by atoms with Crippen molar-refractivity contribution < 1.29 is 84.8 Å². The Hall–Kier alpha value is -2.17. The van der Waals surface area contributed by atoms with Crippen LogP contribution in [0.4, 0.5) is 8.78 Å². The highest BCUT2D eigenvalue weighted by atomic mass is 19.3. The van der Waals surface area contributed by atoms with Gasteiger partial charge in [0.05, 0.1) is 12.1 Å². The average molecular weight is 800 g/mol. The number of hydrogen-bond acceptors (Lipinski definition) is 19. The highest BCUT2D eigenvalue weighted by Crippen LogP contribution is 2.52. The molecule has 0 aromatic heterocycles. The number of rotatable bonds is 13. The minimum absolute atomic E-state index is 0.0577. The highest BCUT2D eigenvalue weighted by Gasteiger charge is 2.84. The molecule has 2 saturated heterocycles. The van der Waals surface area contributed by atoms with Crippen LogP contribution in [0.5, 0.6) is 0 Å². The molecule has 10 atom stereocenters. The zero-order valence-electron chi connectivity index (χ0n) is 31.1. The zero-order chi connectivity index (χ0) is 42.1. The van der Waals surface area contributed by atoms with Crippen LogP contribution in [-0.2, 0) is 16.1 Å². The Kier molecular flexibility index (Phi) is 12.6. The van der Waals surface area contributed by atoms with E-state index in [1.807, 2.05) is 6.92 Å². The first kappa shape index (κ1) is 45.5. The van der Waals surface area contributed by atoms with Gasteiger partial charge in [-0.3, -0.25) is 9.69 Å². The highest BCUT2D eigenvalue weighted by molar-refractivity contribution is 5.80. The number of aliphatic hydroxyl groups excluding tert-OH is 1. The second-order valence-electron chi connectivity index (χ2n) is 15.6. The molecule has 2 aliphatic heterocycles. The smallest absolute Gasteiger partial charge is 0.360 e. The molecular formula is C33H55F2N5O15. The lowest BCUT2D eigenvalue weighted by atomic mass is 9.70. The number of nitrogens with zero attached hydrogens (tertiary/aromatic N) is 3. The number of hydrogen-bond donors (Lipinski definition) is 15. The van der Waals surface area contributed by atoms with Crippen molar-refractivity contribution in [3.05, 3.63) is 35.9 Å². The third kappa shape index (κ3) is 8.00. The van der Waals surface area contributed by atoms with Crippen molar-refractivity contribution in [1.82, 2.24) is 25.7 Å². The van der Waals surface area contributed by atoms with Crippen molar-refractivity contribution in [3.63, 3.8) is 0 Å². The molecule has 0 spiro atoms. The van der Waals surface area contributed by atoms with E-state index >= 15 is 0 Å². The SMILES string of the molecule is CC1CC(CC(C)N2C(C(C)C(O)(O)O)N(C)NC2C(C)(O)O)N(C(O)(CCc2ccccc2)ONC(=O)C2C(O)C(O)(O)C(F)(F)C(O)(O)C2(O)O)C1C. The Balaban J connectivity index is 1.71. The summed E-state index contributed by atoms with van der Waals surface area (Å²) >= 11 is 0. The Morgan fingerprint density at radius 2 is 1.56 bits per heavy atom. The maximum Gasteiger partial charge on any atom is 0.360 e. The number of nitrogens with one attached hydrogen (secondary N) is 2. The quantitative estimate of drug-likeness (QED) is 0.0658. The van der Waals surface area contributed by atoms with Gasteiger partial charge in [0.25, 0.3) is 29.4 Å². The van der Waals surface area contributed by atoms with Crippen LogP contribution in [-0.4, -0.2) is 172 Å². The number of amides is 1. The molecule has 1 aliphatic carbocycles. The van der Waals surface area contributed by atoms with Gasteiger partial charge in [-0.15, -0.1) is 0 Å². The third-order valence-corrected chi connectivity index (χ3v) is 11.5. The number of aryl methyl sites for hydroxylation is 1. The molecule has 10 unspecified atom stereocenters. The second-order valence-corrected chi connectivity index (χ2v) is 15.6. The van der Waals surface area contributed by atoms with Crippen LogP contribution in [0.2, 0.25) is 0 Å². The summed E-state index contributed by atoms with van der Waals surface area (Å²) in [6, 6.07) is 6.55. The number of aliphatic hydroxyl groups is 13. The average Bonchev–Trinajstić information content (AvgIpc) is 3.56. The predicted molar refractivity (Wildman–Crippen MR) is 180 cm³/mol. The van der Waals surface area contributed by atoms with Crippen LogP contribution in [0.15, 0.2) is 30.3 Å². The molecule has 22 heteroatoms. The van der Waals surface area contributed by atoms with E-state index in [2.05, 4.69) is 5.43 Å². The van der Waals surface area contributed by atoms with Gasteiger partial charge in [-0.25, -0.2) is 25.7 Å². The summed E-state index contributed by atoms with van der Waals surface area (Å²) in [6.45, 7) is 7.61. The Morgan fingerprint density at radius 1 is 1.00 bits per heavy atom. The van der Waals surface area contributed by atoms with E-state index in [9.17, 15) is 80.0 Å². The largest absolute Gasteiger partial charge is 0.386 e. The van der Waals surface area contributed by atoms with Crippen LogP contribution < -0.4 is 10.9 Å². The van der Waals surface area contributed by atoms with E-state index in [0.717, 1.165) is 6.92 Å². The lowest BCUT2D eigenvalue weighted by Gasteiger charge is -2.54. The summed E-state index contributed by atoms with van der Waals surface area (Å²) in [6.07, 6.45) is -5.73. The first-order valence-electron chi connectivity index (χ1n) is 17.7. The van der Waals surface area contributed by atoms with Crippen LogP contribution in [0.3, 0.4) is 0 Å². The second kappa shape index (κ2) is 15.2. The molecule has 2 heterocycles. The van der Waals surface area contributed by atoms with Gasteiger partial charge >= 0.3 is 5.92 Å². The van der Waals surface area contributed by atoms with Gasteiger partial charge in [-0.05, 0) is 51.5 Å². The number of alkyl halides is 2. The number of hydroxylamine groups is 1. The van der Waals surface area contributed by atoms with Crippen molar-refractivity contribution in [2.24, 2.45) is 17.8 Å². The Bertz CT molecular complexity index is 1500. The molecule has 3 aliphatic rings. The summed E-state index contributed by atoms with van der Waals surface area (Å²) in [4.78, 5) is 21.9. The number of carbonyl (C=O) groups excluding carboxylic acids is 1. The number of hydrazine groups is 1. The van der Waals surface area contributed by atoms with Gasteiger partial charge in [0.2, 0.25) is 5.79 Å². The molecule has 0 bridgehead atoms. The van der Waals surface area contributed by atoms with E-state index in [1.165, 1.54) is 28.8 Å². The van der Waals surface area contributed by atoms with Crippen molar-refractivity contribution >= 4 is 5.91 Å². The Labute approximate surface area is 315 Å². The van der Waals surface area contributed by atoms with Crippen LogP contribution in [0.1, 0.15) is 59.4 Å². The summed E-state index contributed by atoms with van der Waals surface area (Å²) in [5.74, 6) is -35.2. The standard InChI is InChI=1S/C33H55F2N5O15/c1-16-14-21(15-17(2)39-25(18(3)31(50,51)52)38(6)36-26(39)27(5,43)44)40(19(16)4)28(45,13-12-20-10-8-7-9-11-20)55-37-24(42)22-23(41)30(48,49)32(34,35)33(53,54)29(22,46)47/h7-11,16-19,21-23,25-26,36,41,43-54H,12-15H2,1-6H3,(H,37,42). The minimum atomic E-state index is -5.63. The number of benzene rings is 1. The first-order valence-corrected chi connectivity index (χ1v) is 17.7. The van der Waals surface area contributed by atoms with Crippen molar-refractivity contribution in [1.29, 1.82) is 0 Å². The summed E-state index contributed by atoms with van der Waals surface area (Å²) < 4.78 is 29.2. The fourth-order valence-electron chi connectivity index (χ4n) is 8.13. The van der Waals surface area contributed by atoms with Gasteiger partial charge in [0, 0.05) is 31.6 Å². The number of likely N-dealkylation sites (tertiary alicyclic amines) is 1. The number of halogens is 2. The lowest BCUT2D eigenvalue weighted by Crippen LogP contribution is -2.84. The van der Waals surface area contributed by atoms with E-state index in [0.29, 0.717) is 12.0 Å². The normalized spacial score (nSPS) is 33.6. The molecule has 20 nitrogen and oxygen atoms in total. The molecule has 1 saturated carbocycles. The maximum absolute atomic E-state index is 14.6. The van der Waals surface area contributed by atoms with Crippen molar-refractivity contribution in [2.45, 2.75) is 138 Å². The summed E-state index contributed by atoms with van der Waals surface area (Å²) in [5, 5.41) is 137. The molecule has 1 aromatic carbocycles. The predicted octanol–water partition coefficient (Wildman–Crippen LogP) is -4.77. The van der Waals surface area contributed by atoms with Crippen molar-refractivity contribution in [2.75, 3.05) is 7.05 Å². The van der Waals surface area contributed by atoms with Crippen LogP contribution in [0, 0.1) is 17.8 Å². The van der Waals surface area contributed by atoms with Crippen LogP contribution in [0.25, 0.3) is 0 Å². The van der Waals surface area contributed by atoms with Gasteiger partial charge in [-0.2, -0.15) is 8.78 Å². The number of carbonyl (C=O) groups is 1. The topological polar surface area (TPSA) is 323 Å². The molecule has 1 amide bonds. The van der Waals surface area contributed by atoms with Gasteiger partial charge in [0.1, 0.15) is 18.2 Å². The zero-order valence-corrected chi connectivity index (χ0v) is 31.1. The van der Waals surface area contributed by atoms with Gasteiger partial charge in [0.15, 0.2) is 5.79 Å². The third-order valence-electron chi connectivity index (χ3n) is 11.5. The molecule has 4 rings (SSSR count). The molecule has 3 fully saturated rings. The first-order chi connectivity index (χ1) is 24.9. The molecule has 15 N–H and O–H groups in total. The molecule has 1 aromatic rings. The van der Waals surface area contributed by atoms with Crippen LogP contribution >= 0.6 is 0 Å². The monoisotopic (exact) mass is 799 g/mol.